The molecule has 8 nitrogen and oxygen atoms in total. The molecule has 1 N–H and O–H groups in total. The Morgan fingerprint density at radius 2 is 2.07 bits per heavy atom. The number of fused-ring (bicyclic) bond motifs is 1. The average molecular weight is 394 g/mol. The van der Waals surface area contributed by atoms with Gasteiger partial charge in [0.1, 0.15) is 5.82 Å². The van der Waals surface area contributed by atoms with Gasteiger partial charge in [0.15, 0.2) is 5.58 Å². The standard InChI is InChI=1S/C17H13ClFN3O5/c18-10-3-5-13(12(19)8-10)20-16(23)2-1-7-21-14-6-4-11(22(25)26)9-15(14)27-17(21)24/h3-6,8-9H,1-2,7H2,(H,20,23). The molecule has 10 heteroatoms. The van der Waals surface area contributed by atoms with Crippen molar-refractivity contribution in [2.24, 2.45) is 0 Å². The number of aromatic nitrogens is 1. The van der Waals surface area contributed by atoms with E-state index in [9.17, 15) is 24.1 Å². The highest BCUT2D eigenvalue weighted by atomic mass is 35.5. The highest BCUT2D eigenvalue weighted by molar-refractivity contribution is 6.30. The van der Waals surface area contributed by atoms with Crippen LogP contribution in [0.3, 0.4) is 0 Å². The van der Waals surface area contributed by atoms with Crippen LogP contribution < -0.4 is 11.1 Å². The zero-order chi connectivity index (χ0) is 19.6. The molecule has 3 aromatic rings. The maximum absolute atomic E-state index is 13.7. The number of benzene rings is 2. The third kappa shape index (κ3) is 4.14. The van der Waals surface area contributed by atoms with Crippen molar-refractivity contribution >= 4 is 40.0 Å². The third-order valence-corrected chi connectivity index (χ3v) is 4.09. The average Bonchev–Trinajstić information content (AvgIpc) is 2.92. The number of carbonyl (C=O) groups excluding carboxylic acids is 1. The van der Waals surface area contributed by atoms with Crippen molar-refractivity contribution in [1.82, 2.24) is 4.57 Å². The number of carbonyl (C=O) groups is 1. The van der Waals surface area contributed by atoms with Crippen molar-refractivity contribution in [3.8, 4) is 0 Å². The number of aryl methyl sites for hydroxylation is 1. The minimum Gasteiger partial charge on any atom is -0.407 e. The highest BCUT2D eigenvalue weighted by Crippen LogP contribution is 2.21. The highest BCUT2D eigenvalue weighted by Gasteiger charge is 2.14. The smallest absolute Gasteiger partial charge is 0.407 e. The number of nitrogens with one attached hydrogen (secondary N) is 1. The van der Waals surface area contributed by atoms with Crippen LogP contribution in [0, 0.1) is 15.9 Å². The number of hydrogen-bond donors (Lipinski definition) is 1. The summed E-state index contributed by atoms with van der Waals surface area (Å²) in [6, 6.07) is 7.76. The van der Waals surface area contributed by atoms with Gasteiger partial charge in [-0.2, -0.15) is 0 Å². The van der Waals surface area contributed by atoms with Crippen LogP contribution in [0.2, 0.25) is 5.02 Å². The molecular weight excluding hydrogens is 381 g/mol. The molecule has 140 valence electrons. The van der Waals surface area contributed by atoms with Crippen LogP contribution in [0.25, 0.3) is 11.1 Å². The molecule has 1 heterocycles. The van der Waals surface area contributed by atoms with E-state index in [0.717, 1.165) is 6.07 Å². The number of anilines is 1. The Labute approximate surface area is 156 Å². The second-order valence-electron chi connectivity index (χ2n) is 5.70. The minimum atomic E-state index is -0.672. The van der Waals surface area contributed by atoms with Crippen molar-refractivity contribution in [2.75, 3.05) is 5.32 Å². The first-order valence-electron chi connectivity index (χ1n) is 7.88. The molecule has 0 aliphatic rings. The molecule has 3 rings (SSSR count). The van der Waals surface area contributed by atoms with E-state index in [-0.39, 0.29) is 41.4 Å². The Morgan fingerprint density at radius 1 is 1.30 bits per heavy atom. The summed E-state index contributed by atoms with van der Waals surface area (Å²) in [4.78, 5) is 34.1. The number of nitro benzene ring substituents is 1. The molecule has 0 bridgehead atoms. The lowest BCUT2D eigenvalue weighted by Crippen LogP contribution is -2.17. The fraction of sp³-hybridized carbons (Fsp3) is 0.176. The SMILES string of the molecule is O=C(CCCn1c(=O)oc2cc([N+](=O)[O-])ccc21)Nc1ccc(Cl)cc1F. The van der Waals surface area contributed by atoms with E-state index < -0.39 is 22.4 Å². The molecule has 0 fully saturated rings. The van der Waals surface area contributed by atoms with Gasteiger partial charge in [-0.15, -0.1) is 0 Å². The Hall–Kier alpha value is -3.20. The van der Waals surface area contributed by atoms with Gasteiger partial charge in [-0.05, 0) is 30.7 Å². The van der Waals surface area contributed by atoms with E-state index >= 15 is 0 Å². The number of nitrogens with zero attached hydrogens (tertiary/aromatic N) is 2. The van der Waals surface area contributed by atoms with E-state index in [1.807, 2.05) is 0 Å². The molecule has 27 heavy (non-hydrogen) atoms. The quantitative estimate of drug-likeness (QED) is 0.507. The summed E-state index contributed by atoms with van der Waals surface area (Å²) in [5, 5.41) is 13.4. The van der Waals surface area contributed by atoms with Crippen LogP contribution in [0.4, 0.5) is 15.8 Å². The fourth-order valence-corrected chi connectivity index (χ4v) is 2.74. The summed E-state index contributed by atoms with van der Waals surface area (Å²) in [7, 11) is 0. The lowest BCUT2D eigenvalue weighted by atomic mass is 10.2. The van der Waals surface area contributed by atoms with Gasteiger partial charge in [-0.1, -0.05) is 11.6 Å². The van der Waals surface area contributed by atoms with Crippen LogP contribution >= 0.6 is 11.6 Å². The predicted molar refractivity (Wildman–Crippen MR) is 96.4 cm³/mol. The summed E-state index contributed by atoms with van der Waals surface area (Å²) >= 11 is 5.65. The molecule has 2 aromatic carbocycles. The lowest BCUT2D eigenvalue weighted by Gasteiger charge is -2.07. The Morgan fingerprint density at radius 3 is 2.78 bits per heavy atom. The summed E-state index contributed by atoms with van der Waals surface area (Å²) in [5.41, 5.74) is 0.326. The molecule has 1 amide bonds. The maximum Gasteiger partial charge on any atom is 0.419 e. The number of nitro groups is 1. The topological polar surface area (TPSA) is 107 Å². The summed E-state index contributed by atoms with van der Waals surface area (Å²) in [5.74, 6) is -1.74. The Bertz CT molecular complexity index is 1090. The molecular formula is C17H13ClFN3O5. The largest absolute Gasteiger partial charge is 0.419 e. The van der Waals surface area contributed by atoms with Gasteiger partial charge in [-0.25, -0.2) is 9.18 Å². The van der Waals surface area contributed by atoms with Gasteiger partial charge in [0.25, 0.3) is 5.69 Å². The molecule has 0 radical (unpaired) electrons. The summed E-state index contributed by atoms with van der Waals surface area (Å²) in [6.45, 7) is 0.167. The predicted octanol–water partition coefficient (Wildman–Crippen LogP) is 3.71. The number of halogens is 2. The van der Waals surface area contributed by atoms with Crippen LogP contribution in [0.5, 0.6) is 0 Å². The number of non-ortho nitro benzene ring substituents is 1. The minimum absolute atomic E-state index is 0.0163. The van der Waals surface area contributed by atoms with Gasteiger partial charge in [0.2, 0.25) is 5.91 Å². The van der Waals surface area contributed by atoms with Crippen molar-refractivity contribution in [1.29, 1.82) is 0 Å². The number of oxazole rings is 1. The van der Waals surface area contributed by atoms with Crippen LogP contribution in [-0.2, 0) is 11.3 Å². The fourth-order valence-electron chi connectivity index (χ4n) is 2.58. The zero-order valence-electron chi connectivity index (χ0n) is 13.8. The van der Waals surface area contributed by atoms with E-state index in [1.165, 1.54) is 34.9 Å². The van der Waals surface area contributed by atoms with E-state index in [1.54, 1.807) is 0 Å². The van der Waals surface area contributed by atoms with Gasteiger partial charge < -0.3 is 9.73 Å². The van der Waals surface area contributed by atoms with E-state index in [2.05, 4.69) is 5.32 Å². The van der Waals surface area contributed by atoms with E-state index in [4.69, 9.17) is 16.0 Å². The summed E-state index contributed by atoms with van der Waals surface area (Å²) in [6.07, 6.45) is 0.320. The molecule has 0 saturated carbocycles. The van der Waals surface area contributed by atoms with Gasteiger partial charge in [-0.3, -0.25) is 19.5 Å². The molecule has 0 aliphatic heterocycles. The molecule has 0 spiro atoms. The molecule has 0 aliphatic carbocycles. The second kappa shape index (κ2) is 7.58. The maximum atomic E-state index is 13.7. The Kier molecular flexibility index (Phi) is 5.22. The van der Waals surface area contributed by atoms with Crippen LogP contribution in [-0.4, -0.2) is 15.4 Å². The first-order valence-corrected chi connectivity index (χ1v) is 8.25. The van der Waals surface area contributed by atoms with Crippen LogP contribution in [0.1, 0.15) is 12.8 Å². The van der Waals surface area contributed by atoms with Crippen LogP contribution in [0.15, 0.2) is 45.6 Å². The molecule has 1 aromatic heterocycles. The molecule has 0 saturated heterocycles. The van der Waals surface area contributed by atoms with Crippen molar-refractivity contribution in [3.63, 3.8) is 0 Å². The number of hydrogen-bond acceptors (Lipinski definition) is 5. The first kappa shape index (κ1) is 18.6. The zero-order valence-corrected chi connectivity index (χ0v) is 14.5. The normalized spacial score (nSPS) is 10.9. The van der Waals surface area contributed by atoms with Gasteiger partial charge >= 0.3 is 5.76 Å². The van der Waals surface area contributed by atoms with Crippen molar-refractivity contribution in [3.05, 3.63) is 67.9 Å². The molecule has 0 unspecified atom stereocenters. The number of rotatable bonds is 6. The van der Waals surface area contributed by atoms with Crippen molar-refractivity contribution in [2.45, 2.75) is 19.4 Å². The van der Waals surface area contributed by atoms with Gasteiger partial charge in [0.05, 0.1) is 22.2 Å². The van der Waals surface area contributed by atoms with E-state index in [0.29, 0.717) is 5.52 Å². The lowest BCUT2D eigenvalue weighted by molar-refractivity contribution is -0.384. The summed E-state index contributed by atoms with van der Waals surface area (Å²) < 4.78 is 20.0. The van der Waals surface area contributed by atoms with Crippen molar-refractivity contribution < 1.29 is 18.5 Å². The Balaban J connectivity index is 1.65. The third-order valence-electron chi connectivity index (χ3n) is 3.85. The number of amides is 1. The second-order valence-corrected chi connectivity index (χ2v) is 6.14. The first-order chi connectivity index (χ1) is 12.8. The molecule has 0 atom stereocenters. The van der Waals surface area contributed by atoms with Gasteiger partial charge in [0, 0.05) is 24.1 Å². The monoisotopic (exact) mass is 393 g/mol.